The van der Waals surface area contributed by atoms with E-state index in [1.165, 1.54) is 6.26 Å². The quantitative estimate of drug-likeness (QED) is 0.855. The lowest BCUT2D eigenvalue weighted by molar-refractivity contribution is 0.588. The van der Waals surface area contributed by atoms with Gasteiger partial charge in [-0.1, -0.05) is 6.92 Å². The number of aryl methyl sites for hydroxylation is 2. The van der Waals surface area contributed by atoms with Gasteiger partial charge in [0.25, 0.3) is 0 Å². The number of sulfone groups is 1. The summed E-state index contributed by atoms with van der Waals surface area (Å²) in [4.78, 5) is 8.73. The zero-order chi connectivity index (χ0) is 14.8. The molecule has 0 spiro atoms. The third-order valence-corrected chi connectivity index (χ3v) is 3.75. The van der Waals surface area contributed by atoms with Crippen LogP contribution in [0.25, 0.3) is 11.0 Å². The monoisotopic (exact) mass is 297 g/mol. The zero-order valence-corrected chi connectivity index (χ0v) is 12.7. The molecule has 0 amide bonds. The Kier molecular flexibility index (Phi) is 4.22. The molecule has 110 valence electrons. The summed E-state index contributed by atoms with van der Waals surface area (Å²) in [6.07, 6.45) is 3.88. The Bertz CT molecular complexity index is 708. The minimum absolute atomic E-state index is 0.0462. The zero-order valence-electron chi connectivity index (χ0n) is 11.9. The van der Waals surface area contributed by atoms with Gasteiger partial charge in [0.05, 0.1) is 23.9 Å². The van der Waals surface area contributed by atoms with Crippen LogP contribution < -0.4 is 5.32 Å². The van der Waals surface area contributed by atoms with Gasteiger partial charge >= 0.3 is 0 Å². The second-order valence-corrected chi connectivity index (χ2v) is 7.04. The van der Waals surface area contributed by atoms with Crippen molar-refractivity contribution in [2.45, 2.75) is 26.8 Å². The van der Waals surface area contributed by atoms with Crippen LogP contribution in [0.3, 0.4) is 0 Å². The first-order valence-corrected chi connectivity index (χ1v) is 8.58. The second-order valence-electron chi connectivity index (χ2n) is 4.78. The maximum Gasteiger partial charge on any atom is 0.163 e. The summed E-state index contributed by atoms with van der Waals surface area (Å²) < 4.78 is 24.1. The van der Waals surface area contributed by atoms with Gasteiger partial charge < -0.3 is 5.32 Å². The van der Waals surface area contributed by atoms with E-state index in [2.05, 4.69) is 27.3 Å². The Labute approximate surface area is 118 Å². The predicted octanol–water partition coefficient (Wildman–Crippen LogP) is 1.00. The van der Waals surface area contributed by atoms with E-state index in [4.69, 9.17) is 0 Å². The molecule has 0 aliphatic rings. The number of nitrogens with one attached hydrogen (secondary N) is 1. The summed E-state index contributed by atoms with van der Waals surface area (Å²) in [6, 6.07) is 0. The van der Waals surface area contributed by atoms with Gasteiger partial charge in [0.15, 0.2) is 5.65 Å². The Balaban J connectivity index is 2.36. The smallest absolute Gasteiger partial charge is 0.163 e. The highest BCUT2D eigenvalue weighted by Crippen LogP contribution is 2.20. The molecule has 7 nitrogen and oxygen atoms in total. The number of aromatic nitrogens is 4. The molecule has 0 unspecified atom stereocenters. The van der Waals surface area contributed by atoms with Crippen LogP contribution >= 0.6 is 0 Å². The van der Waals surface area contributed by atoms with Crippen LogP contribution in [-0.2, 0) is 16.4 Å². The first-order valence-electron chi connectivity index (χ1n) is 6.52. The van der Waals surface area contributed by atoms with E-state index in [0.29, 0.717) is 18.0 Å². The van der Waals surface area contributed by atoms with Gasteiger partial charge in [-0.25, -0.2) is 23.1 Å². The van der Waals surface area contributed by atoms with Crippen LogP contribution in [0.15, 0.2) is 6.20 Å². The minimum atomic E-state index is -3.02. The van der Waals surface area contributed by atoms with E-state index in [1.807, 2.05) is 6.92 Å². The minimum Gasteiger partial charge on any atom is -0.369 e. The molecule has 0 aliphatic heterocycles. The van der Waals surface area contributed by atoms with Crippen molar-refractivity contribution in [3.8, 4) is 0 Å². The van der Waals surface area contributed by atoms with Crippen molar-refractivity contribution in [1.82, 2.24) is 19.7 Å². The molecule has 0 fully saturated rings. The third-order valence-electron chi connectivity index (χ3n) is 2.82. The van der Waals surface area contributed by atoms with E-state index < -0.39 is 9.84 Å². The van der Waals surface area contributed by atoms with Crippen molar-refractivity contribution >= 4 is 26.7 Å². The van der Waals surface area contributed by atoms with Crippen molar-refractivity contribution in [2.24, 2.45) is 0 Å². The molecule has 1 N–H and O–H groups in total. The Hall–Kier alpha value is -1.70. The molecule has 0 aliphatic carbocycles. The molecule has 0 saturated heterocycles. The predicted molar refractivity (Wildman–Crippen MR) is 78.6 cm³/mol. The highest BCUT2D eigenvalue weighted by atomic mass is 32.2. The topological polar surface area (TPSA) is 89.8 Å². The summed E-state index contributed by atoms with van der Waals surface area (Å²) in [5, 5.41) is 8.28. The van der Waals surface area contributed by atoms with Crippen LogP contribution in [0.4, 0.5) is 5.82 Å². The molecule has 0 saturated carbocycles. The molecule has 2 aromatic heterocycles. The molecular formula is C12H19N5O2S. The SMILES string of the molecule is CCCNc1nc(C)nc2c1cnn2CCS(C)(=O)=O. The lowest BCUT2D eigenvalue weighted by Crippen LogP contribution is -2.13. The van der Waals surface area contributed by atoms with E-state index in [0.717, 1.165) is 24.2 Å². The lowest BCUT2D eigenvalue weighted by Gasteiger charge is -2.07. The first kappa shape index (κ1) is 14.7. The largest absolute Gasteiger partial charge is 0.369 e. The van der Waals surface area contributed by atoms with Gasteiger partial charge in [-0.3, -0.25) is 0 Å². The van der Waals surface area contributed by atoms with Crippen LogP contribution in [0, 0.1) is 6.92 Å². The van der Waals surface area contributed by atoms with Crippen molar-refractivity contribution in [3.63, 3.8) is 0 Å². The summed E-state index contributed by atoms with van der Waals surface area (Å²) in [5.74, 6) is 1.43. The van der Waals surface area contributed by atoms with Gasteiger partial charge in [-0.15, -0.1) is 0 Å². The number of hydrogen-bond acceptors (Lipinski definition) is 6. The van der Waals surface area contributed by atoms with Crippen molar-refractivity contribution in [3.05, 3.63) is 12.0 Å². The number of anilines is 1. The standard InChI is InChI=1S/C12H19N5O2S/c1-4-5-13-11-10-8-14-17(6-7-20(3,18)19)12(10)16-9(2)15-11/h8H,4-7H2,1-3H3,(H,13,15,16). The highest BCUT2D eigenvalue weighted by Gasteiger charge is 2.12. The van der Waals surface area contributed by atoms with Gasteiger partial charge in [0.1, 0.15) is 21.5 Å². The Morgan fingerprint density at radius 3 is 2.75 bits per heavy atom. The summed E-state index contributed by atoms with van der Waals surface area (Å²) in [5.41, 5.74) is 0.666. The fourth-order valence-corrected chi connectivity index (χ4v) is 2.36. The molecule has 2 heterocycles. The number of rotatable bonds is 6. The normalized spacial score (nSPS) is 11.9. The van der Waals surface area contributed by atoms with Crippen LogP contribution in [0.2, 0.25) is 0 Å². The average molecular weight is 297 g/mol. The van der Waals surface area contributed by atoms with Gasteiger partial charge in [-0.05, 0) is 13.3 Å². The highest BCUT2D eigenvalue weighted by molar-refractivity contribution is 7.90. The average Bonchev–Trinajstić information content (AvgIpc) is 2.75. The van der Waals surface area contributed by atoms with Crippen LogP contribution in [0.1, 0.15) is 19.2 Å². The fourth-order valence-electron chi connectivity index (χ4n) is 1.86. The molecule has 0 atom stereocenters. The second kappa shape index (κ2) is 5.74. The molecule has 0 radical (unpaired) electrons. The Morgan fingerprint density at radius 1 is 1.35 bits per heavy atom. The van der Waals surface area contributed by atoms with Crippen molar-refractivity contribution in [2.75, 3.05) is 23.9 Å². The summed E-state index contributed by atoms with van der Waals surface area (Å²) >= 11 is 0. The lowest BCUT2D eigenvalue weighted by atomic mass is 10.3. The number of hydrogen-bond donors (Lipinski definition) is 1. The molecule has 2 rings (SSSR count). The van der Waals surface area contributed by atoms with E-state index >= 15 is 0 Å². The van der Waals surface area contributed by atoms with Crippen molar-refractivity contribution < 1.29 is 8.42 Å². The Morgan fingerprint density at radius 2 is 2.10 bits per heavy atom. The van der Waals surface area contributed by atoms with Gasteiger partial charge in [0, 0.05) is 12.8 Å². The molecule has 2 aromatic rings. The van der Waals surface area contributed by atoms with Crippen LogP contribution in [-0.4, -0.2) is 46.7 Å². The molecule has 0 aromatic carbocycles. The third kappa shape index (κ3) is 3.44. The van der Waals surface area contributed by atoms with E-state index in [-0.39, 0.29) is 5.75 Å². The summed E-state index contributed by atoms with van der Waals surface area (Å²) in [6.45, 7) is 5.00. The van der Waals surface area contributed by atoms with E-state index in [1.54, 1.807) is 10.9 Å². The van der Waals surface area contributed by atoms with E-state index in [9.17, 15) is 8.42 Å². The number of nitrogens with zero attached hydrogens (tertiary/aromatic N) is 4. The maximum atomic E-state index is 11.3. The number of fused-ring (bicyclic) bond motifs is 1. The first-order chi connectivity index (χ1) is 9.40. The molecule has 8 heteroatoms. The van der Waals surface area contributed by atoms with Crippen LogP contribution in [0.5, 0.6) is 0 Å². The maximum absolute atomic E-state index is 11.3. The van der Waals surface area contributed by atoms with Crippen molar-refractivity contribution in [1.29, 1.82) is 0 Å². The fraction of sp³-hybridized carbons (Fsp3) is 0.583. The summed E-state index contributed by atoms with van der Waals surface area (Å²) in [7, 11) is -3.02. The molecule has 20 heavy (non-hydrogen) atoms. The molecule has 0 bridgehead atoms. The molecular weight excluding hydrogens is 278 g/mol. The van der Waals surface area contributed by atoms with Gasteiger partial charge in [0.2, 0.25) is 0 Å². The van der Waals surface area contributed by atoms with Gasteiger partial charge in [-0.2, -0.15) is 5.10 Å².